The first-order valence-electron chi connectivity index (χ1n) is 19.2. The van der Waals surface area contributed by atoms with E-state index in [1.807, 2.05) is 73.6 Å². The van der Waals surface area contributed by atoms with Gasteiger partial charge in [0.25, 0.3) is 5.91 Å². The van der Waals surface area contributed by atoms with Crippen molar-refractivity contribution in [2.45, 2.75) is 78.0 Å². The lowest BCUT2D eigenvalue weighted by molar-refractivity contribution is -0.183. The Bertz CT molecular complexity index is 1850. The first-order chi connectivity index (χ1) is 26.2. The van der Waals surface area contributed by atoms with E-state index in [1.54, 1.807) is 31.2 Å². The molecule has 0 spiro atoms. The van der Waals surface area contributed by atoms with Crippen molar-refractivity contribution in [2.24, 2.45) is 29.1 Å². The third-order valence-corrected chi connectivity index (χ3v) is 12.3. The van der Waals surface area contributed by atoms with Crippen LogP contribution in [-0.2, 0) is 32.3 Å². The zero-order chi connectivity index (χ0) is 39.6. The Kier molecular flexibility index (Phi) is 12.2. The molecule has 7 rings (SSSR count). The molecule has 1 saturated heterocycles. The minimum absolute atomic E-state index is 0.0159. The number of aliphatic hydroxyl groups excluding tert-OH is 2. The van der Waals surface area contributed by atoms with Gasteiger partial charge >= 0.3 is 5.97 Å². The van der Waals surface area contributed by atoms with Gasteiger partial charge in [-0.3, -0.25) is 19.2 Å². The Balaban J connectivity index is 1.23. The van der Waals surface area contributed by atoms with Gasteiger partial charge in [-0.25, -0.2) is 0 Å². The van der Waals surface area contributed by atoms with Gasteiger partial charge < -0.3 is 35.2 Å². The summed E-state index contributed by atoms with van der Waals surface area (Å²) >= 11 is 0. The largest absolute Gasteiger partial charge is 0.496 e. The van der Waals surface area contributed by atoms with E-state index >= 15 is 0 Å². The van der Waals surface area contributed by atoms with E-state index in [1.165, 1.54) is 6.42 Å². The highest BCUT2D eigenvalue weighted by Crippen LogP contribution is 2.61. The topological polar surface area (TPSA) is 150 Å². The van der Waals surface area contributed by atoms with Crippen LogP contribution in [0, 0.1) is 29.1 Å². The number of ether oxygens (including phenoxy) is 2. The van der Waals surface area contributed by atoms with Crippen molar-refractivity contribution in [2.75, 3.05) is 39.3 Å². The van der Waals surface area contributed by atoms with Crippen LogP contribution >= 0.6 is 0 Å². The smallest absolute Gasteiger partial charge is 0.325 e. The first-order valence-corrected chi connectivity index (χ1v) is 19.2. The van der Waals surface area contributed by atoms with Crippen LogP contribution < -0.4 is 20.3 Å². The molecule has 1 heterocycles. The summed E-state index contributed by atoms with van der Waals surface area (Å²) in [6, 6.07) is 19.5. The fraction of sp³-hybridized carbons (Fsp3) is 0.512. The number of nitrogens with zero attached hydrogens (tertiary/aromatic N) is 2. The number of fused-ring (bicyclic) bond motifs is 2. The number of carbonyl (C=O) groups is 3. The number of anilines is 1. The summed E-state index contributed by atoms with van der Waals surface area (Å²) < 4.78 is 11.4. The van der Waals surface area contributed by atoms with Crippen LogP contribution in [0.15, 0.2) is 66.7 Å². The molecule has 4 fully saturated rings. The predicted molar refractivity (Wildman–Crippen MR) is 209 cm³/mol. The van der Waals surface area contributed by atoms with Crippen LogP contribution in [0.3, 0.4) is 0 Å². The average molecular weight is 757 g/mol. The summed E-state index contributed by atoms with van der Waals surface area (Å²) in [6.45, 7) is 8.07. The van der Waals surface area contributed by atoms with Crippen molar-refractivity contribution in [1.82, 2.24) is 15.7 Å². The van der Waals surface area contributed by atoms with Gasteiger partial charge in [-0.1, -0.05) is 69.3 Å². The van der Waals surface area contributed by atoms with Gasteiger partial charge in [-0.05, 0) is 72.3 Å². The van der Waals surface area contributed by atoms with Gasteiger partial charge in [0.15, 0.2) is 0 Å². The highest BCUT2D eigenvalue weighted by molar-refractivity contribution is 5.98. The maximum atomic E-state index is 14.2. The second kappa shape index (κ2) is 16.7. The highest BCUT2D eigenvalue weighted by atomic mass is 16.7. The number of esters is 1. The molecule has 296 valence electrons. The number of para-hydroxylation sites is 1. The van der Waals surface area contributed by atoms with E-state index in [2.05, 4.69) is 31.4 Å². The van der Waals surface area contributed by atoms with Crippen molar-refractivity contribution < 1.29 is 38.9 Å². The van der Waals surface area contributed by atoms with E-state index in [9.17, 15) is 24.6 Å². The Morgan fingerprint density at radius 3 is 2.44 bits per heavy atom. The molecule has 3 saturated carbocycles. The molecule has 1 aliphatic heterocycles. The Morgan fingerprint density at radius 2 is 1.80 bits per heavy atom. The highest BCUT2D eigenvalue weighted by Gasteiger charge is 2.57. The molecule has 12 nitrogen and oxygen atoms in total. The van der Waals surface area contributed by atoms with Crippen LogP contribution in [0.1, 0.15) is 62.0 Å². The third-order valence-electron chi connectivity index (χ3n) is 12.3. The standard InChI is InChI=1S/C43H56N4O8/c1-25-34-19-31(43(34,3)4)20-35(25)45-42(52)39-38(26(2)49)36(23-48)55-47(39)22-28-14-11-15-33(40(28)53-7)29-16-30(18-32(17-29)46(5)6)41(51)44-21-37(50)54-24-27-12-9-8-10-13-27/h8-18,25-26,31,34-36,38-39,48-49H,19-24H2,1-7H3,(H,44,51)(H,45,52)/t25-,26-,31+,34+,35-,36-,38-,39-/m0/s1. The number of methoxy groups -OCH3 is 1. The first kappa shape index (κ1) is 40.2. The molecular formula is C43H56N4O8. The second-order valence-electron chi connectivity index (χ2n) is 16.2. The number of benzene rings is 3. The molecular weight excluding hydrogens is 700 g/mol. The van der Waals surface area contributed by atoms with Gasteiger partial charge in [-0.15, -0.1) is 0 Å². The molecule has 4 aliphatic rings. The molecule has 3 aromatic carbocycles. The zero-order valence-corrected chi connectivity index (χ0v) is 33.0. The minimum Gasteiger partial charge on any atom is -0.496 e. The van der Waals surface area contributed by atoms with Crippen LogP contribution in [0.25, 0.3) is 11.1 Å². The van der Waals surface area contributed by atoms with Crippen molar-refractivity contribution in [1.29, 1.82) is 0 Å². The number of aliphatic hydroxyl groups is 2. The fourth-order valence-corrected chi connectivity index (χ4v) is 9.03. The maximum Gasteiger partial charge on any atom is 0.325 e. The SMILES string of the molecule is COc1c(CN2O[C@@H](CO)[C@H]([C@H](C)O)[C@H]2C(=O)N[C@H]2C[C@H]3C[C@H]([C@@H]2C)C3(C)C)cccc1-c1cc(C(=O)NCC(=O)OCc2ccccc2)cc(N(C)C)c1. The molecule has 3 aromatic rings. The number of hydrogen-bond acceptors (Lipinski definition) is 10. The molecule has 12 heteroatoms. The van der Waals surface area contributed by atoms with Gasteiger partial charge in [-0.2, -0.15) is 5.06 Å². The van der Waals surface area contributed by atoms with Gasteiger partial charge in [0.05, 0.1) is 26.4 Å². The molecule has 0 unspecified atom stereocenters. The molecule has 4 N–H and O–H groups in total. The van der Waals surface area contributed by atoms with E-state index in [0.29, 0.717) is 45.8 Å². The van der Waals surface area contributed by atoms with Crippen molar-refractivity contribution in [3.05, 3.63) is 83.4 Å². The number of nitrogens with one attached hydrogen (secondary N) is 2. The normalized spacial score (nSPS) is 26.0. The second-order valence-corrected chi connectivity index (χ2v) is 16.2. The van der Waals surface area contributed by atoms with E-state index in [0.717, 1.165) is 17.7 Å². The number of rotatable bonds is 14. The summed E-state index contributed by atoms with van der Waals surface area (Å²) in [4.78, 5) is 48.2. The van der Waals surface area contributed by atoms with Crippen LogP contribution in [0.4, 0.5) is 5.69 Å². The summed E-state index contributed by atoms with van der Waals surface area (Å²) in [5.74, 6) is 0.0265. The van der Waals surface area contributed by atoms with Gasteiger partial charge in [0, 0.05) is 48.4 Å². The van der Waals surface area contributed by atoms with E-state index < -0.39 is 36.0 Å². The van der Waals surface area contributed by atoms with Gasteiger partial charge in [0.2, 0.25) is 5.91 Å². The zero-order valence-electron chi connectivity index (χ0n) is 33.0. The van der Waals surface area contributed by atoms with Crippen LogP contribution in [-0.4, -0.2) is 91.7 Å². The molecule has 55 heavy (non-hydrogen) atoms. The quantitative estimate of drug-likeness (QED) is 0.173. The Hall–Kier alpha value is -4.49. The van der Waals surface area contributed by atoms with Crippen molar-refractivity contribution >= 4 is 23.5 Å². The molecule has 2 bridgehead atoms. The van der Waals surface area contributed by atoms with Crippen LogP contribution in [0.2, 0.25) is 0 Å². The molecule has 3 aliphatic carbocycles. The van der Waals surface area contributed by atoms with Crippen molar-refractivity contribution in [3.8, 4) is 16.9 Å². The lowest BCUT2D eigenvalue weighted by atomic mass is 9.45. The fourth-order valence-electron chi connectivity index (χ4n) is 9.03. The predicted octanol–water partition coefficient (Wildman–Crippen LogP) is 4.56. The maximum absolute atomic E-state index is 14.2. The number of hydrogen-bond donors (Lipinski definition) is 4. The lowest BCUT2D eigenvalue weighted by Crippen LogP contribution is -2.62. The lowest BCUT2D eigenvalue weighted by Gasteiger charge is -2.62. The van der Waals surface area contributed by atoms with Gasteiger partial charge in [0.1, 0.15) is 31.0 Å². The Labute approximate surface area is 324 Å². The van der Waals surface area contributed by atoms with E-state index in [-0.39, 0.29) is 43.7 Å². The number of hydroxylamine groups is 2. The molecule has 0 radical (unpaired) electrons. The summed E-state index contributed by atoms with van der Waals surface area (Å²) in [5.41, 5.74) is 4.31. The summed E-state index contributed by atoms with van der Waals surface area (Å²) in [5, 5.41) is 28.8. The van der Waals surface area contributed by atoms with Crippen LogP contribution in [0.5, 0.6) is 5.75 Å². The average Bonchev–Trinajstić information content (AvgIpc) is 3.55. The number of amides is 2. The molecule has 8 atom stereocenters. The van der Waals surface area contributed by atoms with E-state index in [4.69, 9.17) is 14.3 Å². The molecule has 2 amide bonds. The molecule has 0 aromatic heterocycles. The summed E-state index contributed by atoms with van der Waals surface area (Å²) in [6.07, 6.45) is 0.388. The summed E-state index contributed by atoms with van der Waals surface area (Å²) in [7, 11) is 5.31. The number of carbonyl (C=O) groups excluding carboxylic acids is 3. The monoisotopic (exact) mass is 756 g/mol. The van der Waals surface area contributed by atoms with Crippen molar-refractivity contribution in [3.63, 3.8) is 0 Å². The Morgan fingerprint density at radius 1 is 1.05 bits per heavy atom. The third kappa shape index (κ3) is 8.38. The minimum atomic E-state index is -0.925.